The maximum Gasteiger partial charge on any atom is 0.250 e. The van der Waals surface area contributed by atoms with Crippen LogP contribution >= 0.6 is 0 Å². The van der Waals surface area contributed by atoms with Crippen molar-refractivity contribution < 1.29 is 4.79 Å². The number of para-hydroxylation sites is 1. The van der Waals surface area contributed by atoms with E-state index in [1.165, 1.54) is 32.4 Å². The van der Waals surface area contributed by atoms with Crippen molar-refractivity contribution in [3.63, 3.8) is 0 Å². The van der Waals surface area contributed by atoms with Gasteiger partial charge in [-0.15, -0.1) is 0 Å². The van der Waals surface area contributed by atoms with Crippen LogP contribution in [-0.2, 0) is 6.54 Å². The fourth-order valence-corrected chi connectivity index (χ4v) is 4.21. The minimum atomic E-state index is -0.401. The Balaban J connectivity index is 1.69. The molecule has 3 N–H and O–H groups in total. The fourth-order valence-electron chi connectivity index (χ4n) is 4.21. The first-order chi connectivity index (χ1) is 12.2. The van der Waals surface area contributed by atoms with E-state index in [1.54, 1.807) is 6.07 Å². The highest BCUT2D eigenvalue weighted by Crippen LogP contribution is 2.28. The number of hydrogen-bond acceptors (Lipinski definition) is 4. The third kappa shape index (κ3) is 3.28. The lowest BCUT2D eigenvalue weighted by atomic mass is 10.1. The lowest BCUT2D eigenvalue weighted by Crippen LogP contribution is -2.33. The molecule has 1 atom stereocenters. The average molecular weight is 341 g/mol. The standard InChI is InChI=1S/C19H27N5O/c20-18(25)15-5-4-6-16-17(15)22-19(14-7-8-21-13-14)24(16)12-11-23-9-2-1-3-10-23/h4-6,14,21H,1-3,7-13H2,(H2,20,25). The molecule has 1 amide bonds. The molecule has 25 heavy (non-hydrogen) atoms. The zero-order chi connectivity index (χ0) is 17.2. The third-order valence-corrected chi connectivity index (χ3v) is 5.59. The molecule has 0 radical (unpaired) electrons. The summed E-state index contributed by atoms with van der Waals surface area (Å²) >= 11 is 0. The molecule has 6 nitrogen and oxygen atoms in total. The molecule has 0 aliphatic carbocycles. The maximum absolute atomic E-state index is 11.8. The number of nitrogens with one attached hydrogen (secondary N) is 1. The first kappa shape index (κ1) is 16.5. The SMILES string of the molecule is NC(=O)c1cccc2c1nc(C1CCNC1)n2CCN1CCCCC1. The van der Waals surface area contributed by atoms with E-state index in [0.717, 1.165) is 49.5 Å². The molecular weight excluding hydrogens is 314 g/mol. The molecule has 3 heterocycles. The monoisotopic (exact) mass is 341 g/mol. The van der Waals surface area contributed by atoms with E-state index in [2.05, 4.69) is 20.9 Å². The van der Waals surface area contributed by atoms with Gasteiger partial charge in [-0.25, -0.2) is 4.98 Å². The summed E-state index contributed by atoms with van der Waals surface area (Å²) in [5.41, 5.74) is 7.90. The predicted molar refractivity (Wildman–Crippen MR) is 98.8 cm³/mol. The lowest BCUT2D eigenvalue weighted by molar-refractivity contribution is 0.100. The summed E-state index contributed by atoms with van der Waals surface area (Å²) in [7, 11) is 0. The summed E-state index contributed by atoms with van der Waals surface area (Å²) in [5, 5.41) is 3.43. The van der Waals surface area contributed by atoms with Crippen LogP contribution in [0.1, 0.15) is 47.8 Å². The molecule has 2 aromatic rings. The molecule has 1 aromatic heterocycles. The summed E-state index contributed by atoms with van der Waals surface area (Å²) in [6.07, 6.45) is 5.05. The van der Waals surface area contributed by atoms with Crippen molar-refractivity contribution in [2.75, 3.05) is 32.7 Å². The molecule has 1 unspecified atom stereocenters. The molecule has 0 saturated carbocycles. The number of rotatable bonds is 5. The molecule has 4 rings (SSSR count). The highest BCUT2D eigenvalue weighted by atomic mass is 16.1. The Morgan fingerprint density at radius 2 is 2.08 bits per heavy atom. The summed E-state index contributed by atoms with van der Waals surface area (Å²) < 4.78 is 2.33. The predicted octanol–water partition coefficient (Wildman–Crippen LogP) is 1.70. The van der Waals surface area contributed by atoms with Gasteiger partial charge in [0.1, 0.15) is 11.3 Å². The number of nitrogens with zero attached hydrogens (tertiary/aromatic N) is 3. The highest BCUT2D eigenvalue weighted by molar-refractivity contribution is 6.04. The van der Waals surface area contributed by atoms with E-state index in [9.17, 15) is 4.79 Å². The number of nitrogens with two attached hydrogens (primary N) is 1. The van der Waals surface area contributed by atoms with Gasteiger partial charge in [-0.2, -0.15) is 0 Å². The van der Waals surface area contributed by atoms with Gasteiger partial charge in [0, 0.05) is 25.6 Å². The second-order valence-electron chi connectivity index (χ2n) is 7.25. The minimum Gasteiger partial charge on any atom is -0.366 e. The third-order valence-electron chi connectivity index (χ3n) is 5.59. The Morgan fingerprint density at radius 1 is 1.24 bits per heavy atom. The quantitative estimate of drug-likeness (QED) is 0.868. The van der Waals surface area contributed by atoms with Crippen molar-refractivity contribution in [3.05, 3.63) is 29.6 Å². The average Bonchev–Trinajstić information content (AvgIpc) is 3.28. The molecule has 2 aliphatic rings. The smallest absolute Gasteiger partial charge is 0.250 e. The van der Waals surface area contributed by atoms with Crippen molar-refractivity contribution >= 4 is 16.9 Å². The molecule has 134 valence electrons. The highest BCUT2D eigenvalue weighted by Gasteiger charge is 2.25. The van der Waals surface area contributed by atoms with Crippen molar-refractivity contribution in [2.45, 2.75) is 38.1 Å². The van der Waals surface area contributed by atoms with Crippen molar-refractivity contribution in [1.29, 1.82) is 0 Å². The number of imidazole rings is 1. The van der Waals surface area contributed by atoms with E-state index < -0.39 is 5.91 Å². The van der Waals surface area contributed by atoms with Crippen LogP contribution in [0.15, 0.2) is 18.2 Å². The van der Waals surface area contributed by atoms with Crippen molar-refractivity contribution in [1.82, 2.24) is 19.8 Å². The van der Waals surface area contributed by atoms with E-state index >= 15 is 0 Å². The summed E-state index contributed by atoms with van der Waals surface area (Å²) in [5.74, 6) is 1.11. The van der Waals surface area contributed by atoms with Gasteiger partial charge in [0.2, 0.25) is 0 Å². The summed E-state index contributed by atoms with van der Waals surface area (Å²) in [6, 6.07) is 5.76. The second-order valence-corrected chi connectivity index (χ2v) is 7.25. The minimum absolute atomic E-state index is 0.401. The Kier molecular flexibility index (Phi) is 4.72. The largest absolute Gasteiger partial charge is 0.366 e. The number of carbonyl (C=O) groups excluding carboxylic acids is 1. The number of aromatic nitrogens is 2. The lowest BCUT2D eigenvalue weighted by Gasteiger charge is -2.27. The van der Waals surface area contributed by atoms with Crippen LogP contribution in [0.3, 0.4) is 0 Å². The normalized spacial score (nSPS) is 21.8. The Hall–Kier alpha value is -1.92. The van der Waals surface area contributed by atoms with Crippen LogP contribution in [0.2, 0.25) is 0 Å². The van der Waals surface area contributed by atoms with E-state index in [4.69, 9.17) is 10.7 Å². The van der Waals surface area contributed by atoms with Gasteiger partial charge in [0.25, 0.3) is 5.91 Å². The number of carbonyl (C=O) groups is 1. The van der Waals surface area contributed by atoms with Gasteiger partial charge >= 0.3 is 0 Å². The molecule has 0 bridgehead atoms. The van der Waals surface area contributed by atoms with Crippen LogP contribution in [0.5, 0.6) is 0 Å². The van der Waals surface area contributed by atoms with Crippen LogP contribution < -0.4 is 11.1 Å². The maximum atomic E-state index is 11.8. The number of fused-ring (bicyclic) bond motifs is 1. The zero-order valence-corrected chi connectivity index (χ0v) is 14.7. The molecule has 1 aromatic carbocycles. The number of piperidine rings is 1. The summed E-state index contributed by atoms with van der Waals surface area (Å²) in [4.78, 5) is 19.2. The molecule has 2 aliphatic heterocycles. The van der Waals surface area contributed by atoms with E-state index in [1.807, 2.05) is 6.07 Å². The van der Waals surface area contributed by atoms with Crippen molar-refractivity contribution in [2.24, 2.45) is 5.73 Å². The second kappa shape index (κ2) is 7.14. The number of likely N-dealkylation sites (tertiary alicyclic amines) is 1. The fraction of sp³-hybridized carbons (Fsp3) is 0.579. The van der Waals surface area contributed by atoms with Gasteiger partial charge in [0.05, 0.1) is 11.1 Å². The molecular formula is C19H27N5O. The number of amides is 1. The Bertz CT molecular complexity index is 757. The number of benzene rings is 1. The Labute approximate surface area is 148 Å². The van der Waals surface area contributed by atoms with Crippen LogP contribution in [0.25, 0.3) is 11.0 Å². The van der Waals surface area contributed by atoms with Crippen LogP contribution in [0, 0.1) is 0 Å². The van der Waals surface area contributed by atoms with E-state index in [0.29, 0.717) is 11.5 Å². The van der Waals surface area contributed by atoms with Gasteiger partial charge in [0.15, 0.2) is 0 Å². The van der Waals surface area contributed by atoms with Crippen molar-refractivity contribution in [3.8, 4) is 0 Å². The molecule has 2 saturated heterocycles. The molecule has 6 heteroatoms. The van der Waals surface area contributed by atoms with Gasteiger partial charge in [-0.05, 0) is 51.0 Å². The Morgan fingerprint density at radius 3 is 2.80 bits per heavy atom. The number of hydrogen-bond donors (Lipinski definition) is 2. The van der Waals surface area contributed by atoms with Gasteiger partial charge < -0.3 is 20.5 Å². The topological polar surface area (TPSA) is 76.2 Å². The number of primary amides is 1. The van der Waals surface area contributed by atoms with Gasteiger partial charge in [-0.1, -0.05) is 12.5 Å². The zero-order valence-electron chi connectivity index (χ0n) is 14.7. The first-order valence-corrected chi connectivity index (χ1v) is 9.46. The summed E-state index contributed by atoms with van der Waals surface area (Å²) in [6.45, 7) is 6.34. The van der Waals surface area contributed by atoms with Crippen LogP contribution in [-0.4, -0.2) is 53.1 Å². The van der Waals surface area contributed by atoms with E-state index in [-0.39, 0.29) is 0 Å². The van der Waals surface area contributed by atoms with Crippen LogP contribution in [0.4, 0.5) is 0 Å². The first-order valence-electron chi connectivity index (χ1n) is 9.46. The van der Waals surface area contributed by atoms with Gasteiger partial charge in [-0.3, -0.25) is 4.79 Å². The molecule has 2 fully saturated rings. The molecule has 0 spiro atoms.